The van der Waals surface area contributed by atoms with E-state index in [1.165, 1.54) is 11.3 Å². The maximum absolute atomic E-state index is 12.9. The van der Waals surface area contributed by atoms with Crippen LogP contribution in [-0.2, 0) is 6.61 Å². The Kier molecular flexibility index (Phi) is 6.79. The molecular weight excluding hydrogens is 574 g/mol. The van der Waals surface area contributed by atoms with Crippen molar-refractivity contribution in [3.63, 3.8) is 0 Å². The molecule has 0 bridgehead atoms. The highest BCUT2D eigenvalue weighted by molar-refractivity contribution is 7.18. The Morgan fingerprint density at radius 2 is 1.95 bits per heavy atom. The standard InChI is InChI=1S/C30H27N5O5S2/c1-4-34(20-9-10-20)28(36)18-7-5-17(6-8-18)27-31-19(16-41-27)15-39-24-11-21(37-2)12-25-22(24)13-26(40-25)23-14-35-29(32-23)42-30(33-35)38-3/h5-8,11-14,16,20H,4,9-10,15H2,1-3H3. The molecule has 7 rings (SSSR count). The molecule has 42 heavy (non-hydrogen) atoms. The van der Waals surface area contributed by atoms with Crippen LogP contribution in [0.25, 0.3) is 38.0 Å². The zero-order valence-electron chi connectivity index (χ0n) is 23.2. The minimum atomic E-state index is 0.0939. The van der Waals surface area contributed by atoms with Crippen molar-refractivity contribution < 1.29 is 23.4 Å². The second-order valence-electron chi connectivity index (χ2n) is 9.91. The van der Waals surface area contributed by atoms with Gasteiger partial charge in [-0.1, -0.05) is 12.1 Å². The Hall–Kier alpha value is -4.42. The highest BCUT2D eigenvalue weighted by Gasteiger charge is 2.31. The van der Waals surface area contributed by atoms with Gasteiger partial charge in [-0.25, -0.2) is 14.5 Å². The van der Waals surface area contributed by atoms with Crippen molar-refractivity contribution in [1.29, 1.82) is 0 Å². The number of thiazole rings is 1. The molecule has 10 nitrogen and oxygen atoms in total. The largest absolute Gasteiger partial charge is 0.496 e. The average Bonchev–Trinajstić information content (AvgIpc) is 3.35. The van der Waals surface area contributed by atoms with Gasteiger partial charge < -0.3 is 23.5 Å². The maximum Gasteiger partial charge on any atom is 0.294 e. The van der Waals surface area contributed by atoms with Crippen LogP contribution in [0.5, 0.6) is 16.7 Å². The predicted octanol–water partition coefficient (Wildman–Crippen LogP) is 6.55. The number of carbonyl (C=O) groups excluding carboxylic acids is 1. The van der Waals surface area contributed by atoms with Crippen LogP contribution in [0, 0.1) is 0 Å². The van der Waals surface area contributed by atoms with Gasteiger partial charge in [0.15, 0.2) is 5.76 Å². The van der Waals surface area contributed by atoms with Gasteiger partial charge in [-0.3, -0.25) is 4.79 Å². The van der Waals surface area contributed by atoms with Gasteiger partial charge in [-0.15, -0.1) is 16.4 Å². The number of nitrogens with zero attached hydrogens (tertiary/aromatic N) is 5. The van der Waals surface area contributed by atoms with Crippen LogP contribution in [0.3, 0.4) is 0 Å². The first-order chi connectivity index (χ1) is 20.5. The normalized spacial score (nSPS) is 13.1. The zero-order valence-corrected chi connectivity index (χ0v) is 24.8. The second-order valence-corrected chi connectivity index (χ2v) is 11.7. The molecule has 214 valence electrons. The van der Waals surface area contributed by atoms with E-state index in [1.807, 2.05) is 59.7 Å². The lowest BCUT2D eigenvalue weighted by Crippen LogP contribution is -2.32. The minimum absolute atomic E-state index is 0.0939. The summed E-state index contributed by atoms with van der Waals surface area (Å²) >= 11 is 2.89. The molecule has 1 aliphatic rings. The van der Waals surface area contributed by atoms with Crippen LogP contribution < -0.4 is 14.2 Å². The van der Waals surface area contributed by atoms with Crippen LogP contribution in [0.2, 0.25) is 0 Å². The number of aromatic nitrogens is 4. The third-order valence-electron chi connectivity index (χ3n) is 7.16. The van der Waals surface area contributed by atoms with Crippen LogP contribution in [0.1, 0.15) is 35.8 Å². The summed E-state index contributed by atoms with van der Waals surface area (Å²) in [6.07, 6.45) is 4.00. The molecule has 6 aromatic rings. The van der Waals surface area contributed by atoms with Crippen LogP contribution in [0.15, 0.2) is 58.5 Å². The minimum Gasteiger partial charge on any atom is -0.496 e. The van der Waals surface area contributed by atoms with E-state index < -0.39 is 0 Å². The molecule has 1 fully saturated rings. The third kappa shape index (κ3) is 4.96. The van der Waals surface area contributed by atoms with E-state index >= 15 is 0 Å². The summed E-state index contributed by atoms with van der Waals surface area (Å²) in [5, 5.41) is 8.53. The average molecular weight is 602 g/mol. The van der Waals surface area contributed by atoms with E-state index in [1.54, 1.807) is 36.3 Å². The summed E-state index contributed by atoms with van der Waals surface area (Å²) in [6, 6.07) is 13.7. The number of amides is 1. The van der Waals surface area contributed by atoms with Crippen molar-refractivity contribution in [3.8, 4) is 38.7 Å². The highest BCUT2D eigenvalue weighted by atomic mass is 32.1. The van der Waals surface area contributed by atoms with Crippen molar-refractivity contribution in [1.82, 2.24) is 24.5 Å². The molecule has 1 amide bonds. The number of carbonyl (C=O) groups is 1. The van der Waals surface area contributed by atoms with Crippen LogP contribution >= 0.6 is 22.7 Å². The maximum atomic E-state index is 12.9. The van der Waals surface area contributed by atoms with E-state index in [2.05, 4.69) is 10.1 Å². The fourth-order valence-electron chi connectivity index (χ4n) is 4.86. The summed E-state index contributed by atoms with van der Waals surface area (Å²) in [5.41, 5.74) is 3.76. The molecule has 1 saturated carbocycles. The van der Waals surface area contributed by atoms with E-state index in [-0.39, 0.29) is 12.5 Å². The SMILES string of the molecule is CCN(C(=O)c1ccc(-c2nc(COc3cc(OC)cc4oc(-c5cn6nc(OC)sc6n5)cc34)cs2)cc1)C1CC1. The summed E-state index contributed by atoms with van der Waals surface area (Å²) in [6.45, 7) is 3.03. The number of rotatable bonds is 10. The lowest BCUT2D eigenvalue weighted by molar-refractivity contribution is 0.0752. The Bertz CT molecular complexity index is 1870. The molecule has 12 heteroatoms. The van der Waals surface area contributed by atoms with Crippen molar-refractivity contribution in [2.75, 3.05) is 20.8 Å². The lowest BCUT2D eigenvalue weighted by Gasteiger charge is -2.20. The highest BCUT2D eigenvalue weighted by Crippen LogP contribution is 2.38. The fourth-order valence-corrected chi connectivity index (χ4v) is 6.37. The van der Waals surface area contributed by atoms with E-state index in [4.69, 9.17) is 23.6 Å². The monoisotopic (exact) mass is 601 g/mol. The van der Waals surface area contributed by atoms with Gasteiger partial charge in [0.25, 0.3) is 11.1 Å². The predicted molar refractivity (Wildman–Crippen MR) is 161 cm³/mol. The Labute approximate surface area is 249 Å². The summed E-state index contributed by atoms with van der Waals surface area (Å²) in [4.78, 5) is 24.9. The Morgan fingerprint density at radius 3 is 2.67 bits per heavy atom. The molecule has 0 saturated heterocycles. The molecule has 0 unspecified atom stereocenters. The number of ether oxygens (including phenoxy) is 3. The lowest BCUT2D eigenvalue weighted by atomic mass is 10.1. The summed E-state index contributed by atoms with van der Waals surface area (Å²) in [5.74, 6) is 1.93. The molecule has 2 aromatic carbocycles. The van der Waals surface area contributed by atoms with Crippen LogP contribution in [0.4, 0.5) is 0 Å². The molecule has 0 aliphatic heterocycles. The number of methoxy groups -OCH3 is 2. The van der Waals surface area contributed by atoms with Gasteiger partial charge in [-0.2, -0.15) is 0 Å². The summed E-state index contributed by atoms with van der Waals surface area (Å²) in [7, 11) is 3.19. The number of hydrogen-bond acceptors (Lipinski definition) is 10. The van der Waals surface area contributed by atoms with Gasteiger partial charge in [0.05, 0.1) is 31.5 Å². The number of fused-ring (bicyclic) bond motifs is 2. The Morgan fingerprint density at radius 1 is 1.12 bits per heavy atom. The quantitative estimate of drug-likeness (QED) is 0.174. The molecule has 1 aliphatic carbocycles. The topological polar surface area (TPSA) is 104 Å². The first-order valence-electron chi connectivity index (χ1n) is 13.5. The third-order valence-corrected chi connectivity index (χ3v) is 8.98. The van der Waals surface area contributed by atoms with E-state index in [0.717, 1.165) is 41.0 Å². The molecule has 0 spiro atoms. The summed E-state index contributed by atoms with van der Waals surface area (Å²) < 4.78 is 24.7. The molecule has 4 heterocycles. The van der Waals surface area contributed by atoms with Crippen LogP contribution in [-0.4, -0.2) is 57.2 Å². The van der Waals surface area contributed by atoms with Gasteiger partial charge >= 0.3 is 0 Å². The molecule has 0 radical (unpaired) electrons. The van der Waals surface area contributed by atoms with Gasteiger partial charge in [0, 0.05) is 41.2 Å². The molecule has 0 N–H and O–H groups in total. The smallest absolute Gasteiger partial charge is 0.294 e. The number of imidazole rings is 1. The Balaban J connectivity index is 1.09. The number of benzene rings is 2. The second kappa shape index (κ2) is 10.8. The van der Waals surface area contributed by atoms with Gasteiger partial charge in [0.1, 0.15) is 34.4 Å². The van der Waals surface area contributed by atoms with Crippen molar-refractivity contribution in [2.45, 2.75) is 32.4 Å². The number of furan rings is 1. The first kappa shape index (κ1) is 26.5. The van der Waals surface area contributed by atoms with Gasteiger partial charge in [0.2, 0.25) is 4.96 Å². The fraction of sp³-hybridized carbons (Fsp3) is 0.267. The molecule has 0 atom stereocenters. The van der Waals surface area contributed by atoms with E-state index in [9.17, 15) is 4.79 Å². The number of hydrogen-bond donors (Lipinski definition) is 0. The first-order valence-corrected chi connectivity index (χ1v) is 15.2. The van der Waals surface area contributed by atoms with Crippen molar-refractivity contribution in [2.24, 2.45) is 0 Å². The molecular formula is C30H27N5O5S2. The zero-order chi connectivity index (χ0) is 28.8. The van der Waals surface area contributed by atoms with E-state index in [0.29, 0.717) is 50.3 Å². The van der Waals surface area contributed by atoms with Gasteiger partial charge in [-0.05, 0) is 49.3 Å². The molecule has 4 aromatic heterocycles. The van der Waals surface area contributed by atoms with Crippen molar-refractivity contribution >= 4 is 44.5 Å². The van der Waals surface area contributed by atoms with Crippen molar-refractivity contribution in [3.05, 3.63) is 65.3 Å².